The van der Waals surface area contributed by atoms with Crippen LogP contribution in [0.2, 0.25) is 5.02 Å². The number of anilines is 1. The molecule has 6 nitrogen and oxygen atoms in total. The summed E-state index contributed by atoms with van der Waals surface area (Å²) in [6.45, 7) is 2.01. The van der Waals surface area contributed by atoms with E-state index in [-0.39, 0.29) is 18.1 Å². The highest BCUT2D eigenvalue weighted by molar-refractivity contribution is 7.15. The van der Waals surface area contributed by atoms with E-state index in [1.54, 1.807) is 52.9 Å². The number of nitrogens with one attached hydrogen (secondary N) is 1. The second-order valence-corrected chi connectivity index (χ2v) is 7.58. The summed E-state index contributed by atoms with van der Waals surface area (Å²) in [4.78, 5) is 29.8. The molecule has 0 fully saturated rings. The molecule has 0 saturated heterocycles. The molecule has 2 aromatic carbocycles. The molecule has 0 radical (unpaired) electrons. The van der Waals surface area contributed by atoms with E-state index in [1.807, 2.05) is 12.3 Å². The van der Waals surface area contributed by atoms with E-state index in [9.17, 15) is 9.59 Å². The number of carbonyl (C=O) groups is 1. The predicted molar refractivity (Wildman–Crippen MR) is 114 cm³/mol. The third-order valence-electron chi connectivity index (χ3n) is 4.23. The van der Waals surface area contributed by atoms with Gasteiger partial charge >= 0.3 is 0 Å². The molecule has 146 valence electrons. The number of aryl methyl sites for hydroxylation is 1. The minimum absolute atomic E-state index is 0.131. The highest BCUT2D eigenvalue weighted by Gasteiger charge is 2.11. The Morgan fingerprint density at radius 3 is 2.86 bits per heavy atom. The Hall–Kier alpha value is -3.16. The Bertz CT molecular complexity index is 1270. The number of thiazole rings is 1. The molecule has 2 aromatic heterocycles. The average molecular weight is 426 g/mol. The second-order valence-electron chi connectivity index (χ2n) is 6.33. The molecule has 0 aliphatic carbocycles. The van der Waals surface area contributed by atoms with Crippen LogP contribution in [0.15, 0.2) is 64.8 Å². The van der Waals surface area contributed by atoms with E-state index in [2.05, 4.69) is 10.3 Å². The van der Waals surface area contributed by atoms with Crippen molar-refractivity contribution in [2.45, 2.75) is 13.5 Å². The van der Waals surface area contributed by atoms with Crippen LogP contribution in [0.4, 0.5) is 5.69 Å². The molecule has 2 heterocycles. The smallest absolute Gasteiger partial charge is 0.259 e. The lowest BCUT2D eigenvalue weighted by Gasteiger charge is -2.10. The van der Waals surface area contributed by atoms with Crippen LogP contribution in [0.25, 0.3) is 4.96 Å². The van der Waals surface area contributed by atoms with Crippen LogP contribution in [0.3, 0.4) is 0 Å². The number of rotatable bonds is 5. The van der Waals surface area contributed by atoms with Crippen LogP contribution in [0, 0.1) is 6.92 Å². The average Bonchev–Trinajstić information content (AvgIpc) is 3.08. The topological polar surface area (TPSA) is 72.7 Å². The number of aromatic nitrogens is 2. The van der Waals surface area contributed by atoms with Crippen molar-refractivity contribution in [3.63, 3.8) is 0 Å². The molecule has 8 heteroatoms. The molecule has 0 bridgehead atoms. The zero-order valence-corrected chi connectivity index (χ0v) is 17.0. The zero-order valence-electron chi connectivity index (χ0n) is 15.4. The van der Waals surface area contributed by atoms with Gasteiger partial charge in [0.15, 0.2) is 4.96 Å². The molecule has 1 N–H and O–H groups in total. The molecule has 0 aliphatic heterocycles. The molecule has 29 heavy (non-hydrogen) atoms. The first-order chi connectivity index (χ1) is 14.0. The fraction of sp³-hybridized carbons (Fsp3) is 0.0952. The standard InChI is InChI=1S/C21H16ClN3O3S/c1-13-12-29-21-24-15(10-19(26)25(13)21)11-28-16-6-4-5-14(9-16)23-20(27)17-7-2-3-8-18(17)22/h2-10,12H,11H2,1H3,(H,23,27). The quantitative estimate of drug-likeness (QED) is 0.509. The number of nitrogens with zero attached hydrogens (tertiary/aromatic N) is 2. The van der Waals surface area contributed by atoms with Crippen molar-refractivity contribution < 1.29 is 9.53 Å². The second kappa shape index (κ2) is 8.06. The highest BCUT2D eigenvalue weighted by atomic mass is 35.5. The first kappa shape index (κ1) is 19.2. The van der Waals surface area contributed by atoms with E-state index >= 15 is 0 Å². The molecule has 0 unspecified atom stereocenters. The Morgan fingerprint density at radius 2 is 2.03 bits per heavy atom. The summed E-state index contributed by atoms with van der Waals surface area (Å²) in [5.74, 6) is 0.243. The van der Waals surface area contributed by atoms with E-state index in [0.717, 1.165) is 5.69 Å². The van der Waals surface area contributed by atoms with Crippen molar-refractivity contribution in [2.24, 2.45) is 0 Å². The van der Waals surface area contributed by atoms with Crippen LogP contribution in [-0.4, -0.2) is 15.3 Å². The molecule has 4 rings (SSSR count). The van der Waals surface area contributed by atoms with Crippen molar-refractivity contribution in [2.75, 3.05) is 5.32 Å². The SMILES string of the molecule is Cc1csc2nc(COc3cccc(NC(=O)c4ccccc4Cl)c3)cc(=O)n12. The van der Waals surface area contributed by atoms with Crippen molar-refractivity contribution in [1.29, 1.82) is 0 Å². The van der Waals surface area contributed by atoms with Gasteiger partial charge in [0, 0.05) is 28.9 Å². The number of fused-ring (bicyclic) bond motifs is 1. The Labute approximate surface area is 175 Å². The number of hydrogen-bond acceptors (Lipinski definition) is 5. The van der Waals surface area contributed by atoms with Gasteiger partial charge in [-0.2, -0.15) is 0 Å². The third-order valence-corrected chi connectivity index (χ3v) is 5.50. The molecule has 4 aromatic rings. The van der Waals surface area contributed by atoms with Crippen molar-refractivity contribution in [1.82, 2.24) is 9.38 Å². The largest absolute Gasteiger partial charge is 0.487 e. The van der Waals surface area contributed by atoms with Gasteiger partial charge in [-0.05, 0) is 31.2 Å². The number of benzene rings is 2. The van der Waals surface area contributed by atoms with Crippen LogP contribution in [-0.2, 0) is 6.61 Å². The molecule has 1 amide bonds. The molecule has 0 aliphatic rings. The minimum atomic E-state index is -0.305. The van der Waals surface area contributed by atoms with Gasteiger partial charge in [-0.25, -0.2) is 4.98 Å². The highest BCUT2D eigenvalue weighted by Crippen LogP contribution is 2.21. The lowest BCUT2D eigenvalue weighted by molar-refractivity contribution is 0.102. The van der Waals surface area contributed by atoms with Gasteiger partial charge in [0.1, 0.15) is 12.4 Å². The van der Waals surface area contributed by atoms with E-state index in [0.29, 0.717) is 32.7 Å². The first-order valence-electron chi connectivity index (χ1n) is 8.77. The fourth-order valence-corrected chi connectivity index (χ4v) is 3.95. The van der Waals surface area contributed by atoms with E-state index < -0.39 is 0 Å². The Kier molecular flexibility index (Phi) is 5.33. The molecular formula is C21H16ClN3O3S. The summed E-state index contributed by atoms with van der Waals surface area (Å²) in [5.41, 5.74) is 2.24. The summed E-state index contributed by atoms with van der Waals surface area (Å²) < 4.78 is 7.34. The molecular weight excluding hydrogens is 410 g/mol. The Morgan fingerprint density at radius 1 is 1.21 bits per heavy atom. The van der Waals surface area contributed by atoms with Gasteiger partial charge < -0.3 is 10.1 Å². The van der Waals surface area contributed by atoms with Crippen LogP contribution in [0.5, 0.6) is 5.75 Å². The summed E-state index contributed by atoms with van der Waals surface area (Å²) in [5, 5.41) is 5.07. The lowest BCUT2D eigenvalue weighted by atomic mass is 10.2. The summed E-state index contributed by atoms with van der Waals surface area (Å²) in [6, 6.07) is 15.3. The first-order valence-corrected chi connectivity index (χ1v) is 10.0. The van der Waals surface area contributed by atoms with E-state index in [1.165, 1.54) is 17.4 Å². The number of amides is 1. The fourth-order valence-electron chi connectivity index (χ4n) is 2.84. The number of halogens is 1. The van der Waals surface area contributed by atoms with Gasteiger partial charge in [-0.15, -0.1) is 11.3 Å². The minimum Gasteiger partial charge on any atom is -0.487 e. The number of hydrogen-bond donors (Lipinski definition) is 1. The van der Waals surface area contributed by atoms with Crippen molar-refractivity contribution in [3.8, 4) is 5.75 Å². The van der Waals surface area contributed by atoms with E-state index in [4.69, 9.17) is 16.3 Å². The lowest BCUT2D eigenvalue weighted by Crippen LogP contribution is -2.16. The number of carbonyl (C=O) groups excluding carboxylic acids is 1. The number of ether oxygens (including phenoxy) is 1. The van der Waals surface area contributed by atoms with Gasteiger partial charge in [-0.3, -0.25) is 14.0 Å². The van der Waals surface area contributed by atoms with Crippen molar-refractivity contribution >= 4 is 39.5 Å². The van der Waals surface area contributed by atoms with Crippen LogP contribution >= 0.6 is 22.9 Å². The summed E-state index contributed by atoms with van der Waals surface area (Å²) in [7, 11) is 0. The van der Waals surface area contributed by atoms with Gasteiger partial charge in [0.05, 0.1) is 16.3 Å². The molecule has 0 spiro atoms. The molecule has 0 saturated carbocycles. The summed E-state index contributed by atoms with van der Waals surface area (Å²) >= 11 is 7.48. The normalized spacial score (nSPS) is 10.8. The maximum absolute atomic E-state index is 12.4. The molecule has 0 atom stereocenters. The van der Waals surface area contributed by atoms with Crippen molar-refractivity contribution in [3.05, 3.63) is 92.3 Å². The van der Waals surface area contributed by atoms with Gasteiger partial charge in [0.25, 0.3) is 11.5 Å². The summed E-state index contributed by atoms with van der Waals surface area (Å²) in [6.07, 6.45) is 0. The maximum Gasteiger partial charge on any atom is 0.259 e. The zero-order chi connectivity index (χ0) is 20.4. The van der Waals surface area contributed by atoms with Gasteiger partial charge in [-0.1, -0.05) is 29.8 Å². The maximum atomic E-state index is 12.4. The monoisotopic (exact) mass is 425 g/mol. The van der Waals surface area contributed by atoms with Crippen LogP contribution in [0.1, 0.15) is 21.7 Å². The van der Waals surface area contributed by atoms with Crippen LogP contribution < -0.4 is 15.6 Å². The Balaban J connectivity index is 1.47. The third kappa shape index (κ3) is 4.16. The predicted octanol–water partition coefficient (Wildman–Crippen LogP) is 4.55. The van der Waals surface area contributed by atoms with Gasteiger partial charge in [0.2, 0.25) is 0 Å².